The Balaban J connectivity index is 1.75. The summed E-state index contributed by atoms with van der Waals surface area (Å²) < 4.78 is 0. The molecule has 2 heterocycles. The smallest absolute Gasteiger partial charge is 0.0842 e. The second-order valence-corrected chi connectivity index (χ2v) is 6.76. The number of fused-ring (bicyclic) bond motifs is 1. The number of hydrogen-bond donors (Lipinski definition) is 1. The molecule has 0 amide bonds. The summed E-state index contributed by atoms with van der Waals surface area (Å²) in [6, 6.07) is 0.492. The molecule has 2 nitrogen and oxygen atoms in total. The highest BCUT2D eigenvalue weighted by Crippen LogP contribution is 2.46. The van der Waals surface area contributed by atoms with Crippen molar-refractivity contribution in [2.75, 3.05) is 13.1 Å². The van der Waals surface area contributed by atoms with E-state index in [4.69, 9.17) is 0 Å². The molecular weight excluding hydrogens is 210 g/mol. The minimum atomic E-state index is -0.338. The summed E-state index contributed by atoms with van der Waals surface area (Å²) in [5.74, 6) is 1.41. The molecule has 2 aliphatic heterocycles. The minimum Gasteiger partial charge on any atom is -0.388 e. The van der Waals surface area contributed by atoms with Crippen LogP contribution in [0.3, 0.4) is 0 Å². The molecule has 1 aliphatic carbocycles. The summed E-state index contributed by atoms with van der Waals surface area (Å²) in [7, 11) is 0. The number of hydrogen-bond acceptors (Lipinski definition) is 2. The highest BCUT2D eigenvalue weighted by atomic mass is 16.3. The van der Waals surface area contributed by atoms with E-state index in [1.807, 2.05) is 0 Å². The van der Waals surface area contributed by atoms with Crippen molar-refractivity contribution in [3.05, 3.63) is 0 Å². The second kappa shape index (κ2) is 4.55. The molecular formula is C15H27NO. The van der Waals surface area contributed by atoms with Gasteiger partial charge in [-0.3, -0.25) is 4.90 Å². The highest BCUT2D eigenvalue weighted by molar-refractivity contribution is 5.05. The number of nitrogens with zero attached hydrogens (tertiary/aromatic N) is 1. The van der Waals surface area contributed by atoms with Gasteiger partial charge in [-0.25, -0.2) is 0 Å². The zero-order valence-electron chi connectivity index (χ0n) is 11.2. The van der Waals surface area contributed by atoms with Gasteiger partial charge in [-0.15, -0.1) is 0 Å². The maximum atomic E-state index is 11.2. The summed E-state index contributed by atoms with van der Waals surface area (Å²) in [4.78, 5) is 2.57. The minimum absolute atomic E-state index is 0.338. The molecule has 3 fully saturated rings. The van der Waals surface area contributed by atoms with Crippen LogP contribution in [0.4, 0.5) is 0 Å². The first-order valence-corrected chi connectivity index (χ1v) is 7.66. The monoisotopic (exact) mass is 237 g/mol. The summed E-state index contributed by atoms with van der Waals surface area (Å²) in [5.41, 5.74) is -0.338. The lowest BCUT2D eigenvalue weighted by molar-refractivity contribution is -0.0726. The molecule has 0 bridgehead atoms. The molecule has 3 aliphatic rings. The third kappa shape index (κ3) is 2.04. The van der Waals surface area contributed by atoms with Crippen molar-refractivity contribution in [2.24, 2.45) is 11.8 Å². The normalized spacial score (nSPS) is 48.0. The van der Waals surface area contributed by atoms with E-state index in [-0.39, 0.29) is 5.60 Å². The molecule has 1 saturated carbocycles. The van der Waals surface area contributed by atoms with Gasteiger partial charge in [0.1, 0.15) is 0 Å². The number of piperidine rings is 1. The first kappa shape index (κ1) is 12.0. The molecule has 3 rings (SSSR count). The predicted octanol–water partition coefficient (Wildman–Crippen LogP) is 2.80. The van der Waals surface area contributed by atoms with E-state index in [1.165, 1.54) is 51.5 Å². The number of aliphatic hydroxyl groups is 1. The average molecular weight is 237 g/mol. The van der Waals surface area contributed by atoms with E-state index in [1.54, 1.807) is 0 Å². The Kier molecular flexibility index (Phi) is 3.20. The number of rotatable bonds is 1. The summed E-state index contributed by atoms with van der Waals surface area (Å²) in [6.45, 7) is 4.74. The zero-order chi connectivity index (χ0) is 11.9. The van der Waals surface area contributed by atoms with Crippen molar-refractivity contribution in [1.29, 1.82) is 0 Å². The van der Waals surface area contributed by atoms with Gasteiger partial charge in [0.15, 0.2) is 0 Å². The fourth-order valence-corrected chi connectivity index (χ4v) is 4.68. The van der Waals surface area contributed by atoms with Crippen molar-refractivity contribution >= 4 is 0 Å². The Morgan fingerprint density at radius 1 is 1.06 bits per heavy atom. The van der Waals surface area contributed by atoms with E-state index in [0.717, 1.165) is 18.9 Å². The third-order valence-corrected chi connectivity index (χ3v) is 5.63. The zero-order valence-corrected chi connectivity index (χ0v) is 11.2. The van der Waals surface area contributed by atoms with Crippen LogP contribution in [0.25, 0.3) is 0 Å². The van der Waals surface area contributed by atoms with Gasteiger partial charge in [0.25, 0.3) is 0 Å². The lowest BCUT2D eigenvalue weighted by Crippen LogP contribution is -2.52. The molecule has 17 heavy (non-hydrogen) atoms. The molecule has 1 N–H and O–H groups in total. The van der Waals surface area contributed by atoms with Crippen LogP contribution in [0.1, 0.15) is 58.3 Å². The molecule has 4 atom stereocenters. The van der Waals surface area contributed by atoms with Gasteiger partial charge >= 0.3 is 0 Å². The molecule has 0 spiro atoms. The van der Waals surface area contributed by atoms with E-state index in [2.05, 4.69) is 11.8 Å². The Morgan fingerprint density at radius 2 is 1.94 bits per heavy atom. The fraction of sp³-hybridized carbons (Fsp3) is 1.00. The van der Waals surface area contributed by atoms with E-state index >= 15 is 0 Å². The molecule has 4 unspecified atom stereocenters. The summed E-state index contributed by atoms with van der Waals surface area (Å²) >= 11 is 0. The molecule has 98 valence electrons. The van der Waals surface area contributed by atoms with E-state index < -0.39 is 0 Å². The van der Waals surface area contributed by atoms with Crippen LogP contribution in [-0.4, -0.2) is 34.7 Å². The van der Waals surface area contributed by atoms with Gasteiger partial charge in [-0.1, -0.05) is 26.2 Å². The van der Waals surface area contributed by atoms with Gasteiger partial charge in [0, 0.05) is 12.6 Å². The van der Waals surface area contributed by atoms with Crippen LogP contribution in [-0.2, 0) is 0 Å². The van der Waals surface area contributed by atoms with Crippen LogP contribution in [0, 0.1) is 11.8 Å². The Bertz CT molecular complexity index is 280. The maximum absolute atomic E-state index is 11.2. The lowest BCUT2D eigenvalue weighted by Gasteiger charge is -2.44. The maximum Gasteiger partial charge on any atom is 0.0842 e. The van der Waals surface area contributed by atoms with Crippen molar-refractivity contribution in [3.63, 3.8) is 0 Å². The Morgan fingerprint density at radius 3 is 2.76 bits per heavy atom. The van der Waals surface area contributed by atoms with Crippen LogP contribution >= 0.6 is 0 Å². The Labute approximate surface area is 105 Å². The van der Waals surface area contributed by atoms with Crippen molar-refractivity contribution in [2.45, 2.75) is 69.9 Å². The topological polar surface area (TPSA) is 23.5 Å². The Hall–Kier alpha value is -0.0800. The summed E-state index contributed by atoms with van der Waals surface area (Å²) in [6.07, 6.45) is 10.2. The largest absolute Gasteiger partial charge is 0.388 e. The van der Waals surface area contributed by atoms with Crippen LogP contribution < -0.4 is 0 Å². The van der Waals surface area contributed by atoms with E-state index in [9.17, 15) is 5.11 Å². The predicted molar refractivity (Wildman–Crippen MR) is 69.9 cm³/mol. The van der Waals surface area contributed by atoms with E-state index in [0.29, 0.717) is 12.0 Å². The first-order chi connectivity index (χ1) is 8.20. The van der Waals surface area contributed by atoms with Crippen molar-refractivity contribution in [3.8, 4) is 0 Å². The van der Waals surface area contributed by atoms with Crippen LogP contribution in [0.15, 0.2) is 0 Å². The SMILES string of the molecule is CC1CCCC(C2(O)CCN3CCCCC32)C1. The molecule has 2 saturated heterocycles. The van der Waals surface area contributed by atoms with Crippen LogP contribution in [0.2, 0.25) is 0 Å². The third-order valence-electron chi connectivity index (χ3n) is 5.63. The summed E-state index contributed by atoms with van der Waals surface area (Å²) in [5, 5.41) is 11.2. The molecule has 0 aromatic rings. The van der Waals surface area contributed by atoms with Gasteiger partial charge in [0.05, 0.1) is 5.60 Å². The first-order valence-electron chi connectivity index (χ1n) is 7.66. The standard InChI is InChI=1S/C15H27NO/c1-12-5-4-6-13(11-12)15(17)8-10-16-9-3-2-7-14(15)16/h12-14,17H,2-11H2,1H3. The molecule has 0 aromatic carbocycles. The highest BCUT2D eigenvalue weighted by Gasteiger charge is 2.51. The quantitative estimate of drug-likeness (QED) is 0.758. The second-order valence-electron chi connectivity index (χ2n) is 6.76. The molecule has 0 radical (unpaired) electrons. The van der Waals surface area contributed by atoms with Gasteiger partial charge in [-0.2, -0.15) is 0 Å². The molecule has 2 heteroatoms. The lowest BCUT2D eigenvalue weighted by atomic mass is 9.69. The van der Waals surface area contributed by atoms with Crippen molar-refractivity contribution in [1.82, 2.24) is 4.90 Å². The van der Waals surface area contributed by atoms with Crippen molar-refractivity contribution < 1.29 is 5.11 Å². The van der Waals surface area contributed by atoms with Crippen LogP contribution in [0.5, 0.6) is 0 Å². The van der Waals surface area contributed by atoms with Gasteiger partial charge in [0.2, 0.25) is 0 Å². The average Bonchev–Trinajstić information content (AvgIpc) is 2.69. The van der Waals surface area contributed by atoms with Gasteiger partial charge < -0.3 is 5.11 Å². The van der Waals surface area contributed by atoms with Gasteiger partial charge in [-0.05, 0) is 50.5 Å². The fourth-order valence-electron chi connectivity index (χ4n) is 4.68. The molecule has 0 aromatic heterocycles.